The van der Waals surface area contributed by atoms with Crippen molar-refractivity contribution in [2.75, 3.05) is 60.4 Å². The van der Waals surface area contributed by atoms with Crippen LogP contribution in [0.5, 0.6) is 11.5 Å². The number of aliphatic hydroxyl groups is 1. The summed E-state index contributed by atoms with van der Waals surface area (Å²) in [6.45, 7) is 0.908. The van der Waals surface area contributed by atoms with Crippen LogP contribution in [0.3, 0.4) is 0 Å². The molecule has 1 aliphatic rings. The van der Waals surface area contributed by atoms with Gasteiger partial charge in [-0.3, -0.25) is 9.59 Å². The SMILES string of the molecule is COc1ccc(OC)c(/C(O)=C2\C(=O)C(=O)N(CCN(C)C)C2c2ccc(N(C)C)cc2)c1. The summed E-state index contributed by atoms with van der Waals surface area (Å²) in [6.07, 6.45) is 0. The summed E-state index contributed by atoms with van der Waals surface area (Å²) in [5.74, 6) is -0.793. The van der Waals surface area contributed by atoms with Gasteiger partial charge in [0.05, 0.1) is 31.4 Å². The van der Waals surface area contributed by atoms with Crippen molar-refractivity contribution in [2.24, 2.45) is 0 Å². The van der Waals surface area contributed by atoms with Crippen molar-refractivity contribution in [3.8, 4) is 11.5 Å². The van der Waals surface area contributed by atoms with Crippen LogP contribution in [0.2, 0.25) is 0 Å². The number of rotatable bonds is 8. The Balaban J connectivity index is 2.20. The predicted octanol–water partition coefficient (Wildman–Crippen LogP) is 2.75. The van der Waals surface area contributed by atoms with Crippen molar-refractivity contribution in [3.05, 3.63) is 59.2 Å². The van der Waals surface area contributed by atoms with Crippen LogP contribution in [0.25, 0.3) is 5.76 Å². The van der Waals surface area contributed by atoms with E-state index in [1.807, 2.05) is 62.3 Å². The molecule has 1 saturated heterocycles. The van der Waals surface area contributed by atoms with E-state index in [4.69, 9.17) is 9.47 Å². The number of likely N-dealkylation sites (N-methyl/N-ethyl adjacent to an activating group) is 1. The molecular formula is C25H31N3O5. The molecule has 0 bridgehead atoms. The Labute approximate surface area is 194 Å². The number of ketones is 1. The molecule has 2 aromatic carbocycles. The Bertz CT molecular complexity index is 1060. The first kappa shape index (κ1) is 24.1. The van der Waals surface area contributed by atoms with Gasteiger partial charge in [-0.15, -0.1) is 0 Å². The number of anilines is 1. The number of ether oxygens (including phenoxy) is 2. The topological polar surface area (TPSA) is 82.5 Å². The number of methoxy groups -OCH3 is 2. The van der Waals surface area contributed by atoms with E-state index in [-0.39, 0.29) is 16.9 Å². The highest BCUT2D eigenvalue weighted by atomic mass is 16.5. The molecule has 1 unspecified atom stereocenters. The van der Waals surface area contributed by atoms with Gasteiger partial charge in [-0.2, -0.15) is 0 Å². The fraction of sp³-hybridized carbons (Fsp3) is 0.360. The first-order chi connectivity index (χ1) is 15.7. The van der Waals surface area contributed by atoms with E-state index in [9.17, 15) is 14.7 Å². The van der Waals surface area contributed by atoms with Crippen LogP contribution in [0.15, 0.2) is 48.0 Å². The molecule has 0 aliphatic carbocycles. The molecule has 1 amide bonds. The van der Waals surface area contributed by atoms with Crippen molar-refractivity contribution in [3.63, 3.8) is 0 Å². The van der Waals surface area contributed by atoms with Gasteiger partial charge < -0.3 is 29.3 Å². The van der Waals surface area contributed by atoms with E-state index in [0.29, 0.717) is 24.6 Å². The molecule has 1 aliphatic heterocycles. The maximum absolute atomic E-state index is 13.2. The van der Waals surface area contributed by atoms with E-state index in [2.05, 4.69) is 0 Å². The largest absolute Gasteiger partial charge is 0.507 e. The number of aliphatic hydroxyl groups excluding tert-OH is 1. The first-order valence-corrected chi connectivity index (χ1v) is 10.6. The standard InChI is InChI=1S/C25H31N3O5/c1-26(2)13-14-28-22(16-7-9-17(10-8-16)27(3)4)21(24(30)25(28)31)23(29)19-15-18(32-5)11-12-20(19)33-6/h7-12,15,22,29H,13-14H2,1-6H3/b23-21+. The van der Waals surface area contributed by atoms with Crippen molar-refractivity contribution in [2.45, 2.75) is 6.04 Å². The second-order valence-electron chi connectivity index (χ2n) is 8.35. The molecule has 176 valence electrons. The zero-order chi connectivity index (χ0) is 24.3. The predicted molar refractivity (Wildman–Crippen MR) is 128 cm³/mol. The number of likely N-dealkylation sites (tertiary alicyclic amines) is 1. The third-order valence-corrected chi connectivity index (χ3v) is 5.72. The molecule has 2 aromatic rings. The number of hydrogen-bond donors (Lipinski definition) is 1. The molecule has 33 heavy (non-hydrogen) atoms. The molecule has 8 heteroatoms. The van der Waals surface area contributed by atoms with Gasteiger partial charge in [-0.1, -0.05) is 12.1 Å². The molecule has 3 rings (SSSR count). The van der Waals surface area contributed by atoms with E-state index >= 15 is 0 Å². The molecule has 0 radical (unpaired) electrons. The van der Waals surface area contributed by atoms with Gasteiger partial charge in [0.15, 0.2) is 0 Å². The highest BCUT2D eigenvalue weighted by Crippen LogP contribution is 2.41. The normalized spacial score (nSPS) is 17.5. The van der Waals surface area contributed by atoms with Gasteiger partial charge in [0.25, 0.3) is 11.7 Å². The molecule has 0 spiro atoms. The summed E-state index contributed by atoms with van der Waals surface area (Å²) >= 11 is 0. The van der Waals surface area contributed by atoms with Crippen LogP contribution in [0.4, 0.5) is 5.69 Å². The minimum atomic E-state index is -0.725. The lowest BCUT2D eigenvalue weighted by Gasteiger charge is -2.27. The lowest BCUT2D eigenvalue weighted by molar-refractivity contribution is -0.140. The van der Waals surface area contributed by atoms with Crippen molar-refractivity contribution in [1.82, 2.24) is 9.80 Å². The third kappa shape index (κ3) is 4.80. The third-order valence-electron chi connectivity index (χ3n) is 5.72. The Morgan fingerprint density at radius 3 is 2.21 bits per heavy atom. The number of amides is 1. The van der Waals surface area contributed by atoms with Crippen LogP contribution < -0.4 is 14.4 Å². The molecule has 0 saturated carbocycles. The van der Waals surface area contributed by atoms with Gasteiger partial charge in [-0.05, 0) is 50.0 Å². The van der Waals surface area contributed by atoms with Crippen molar-refractivity contribution < 1.29 is 24.2 Å². The second kappa shape index (κ2) is 9.95. The number of carbonyl (C=O) groups excluding carboxylic acids is 2. The molecule has 1 atom stereocenters. The van der Waals surface area contributed by atoms with E-state index in [0.717, 1.165) is 11.3 Å². The molecule has 0 aromatic heterocycles. The summed E-state index contributed by atoms with van der Waals surface area (Å²) in [4.78, 5) is 31.7. The van der Waals surface area contributed by atoms with Gasteiger partial charge in [0, 0.05) is 32.9 Å². The average molecular weight is 454 g/mol. The van der Waals surface area contributed by atoms with Crippen LogP contribution >= 0.6 is 0 Å². The zero-order valence-corrected chi connectivity index (χ0v) is 20.0. The van der Waals surface area contributed by atoms with Crippen LogP contribution in [0, 0.1) is 0 Å². The van der Waals surface area contributed by atoms with Crippen LogP contribution in [-0.4, -0.2) is 82.1 Å². The Kier molecular flexibility index (Phi) is 7.28. The Hall–Kier alpha value is -3.52. The van der Waals surface area contributed by atoms with Gasteiger partial charge in [-0.25, -0.2) is 0 Å². The summed E-state index contributed by atoms with van der Waals surface area (Å²) in [5, 5.41) is 11.3. The molecule has 1 heterocycles. The summed E-state index contributed by atoms with van der Waals surface area (Å²) in [7, 11) is 10.7. The van der Waals surface area contributed by atoms with E-state index in [1.54, 1.807) is 18.2 Å². The van der Waals surface area contributed by atoms with Crippen LogP contribution in [-0.2, 0) is 9.59 Å². The molecule has 1 fully saturated rings. The van der Waals surface area contributed by atoms with Crippen LogP contribution in [0.1, 0.15) is 17.2 Å². The summed E-state index contributed by atoms with van der Waals surface area (Å²) in [6, 6.07) is 11.8. The van der Waals surface area contributed by atoms with Gasteiger partial charge in [0.2, 0.25) is 0 Å². The lowest BCUT2D eigenvalue weighted by Crippen LogP contribution is -2.35. The second-order valence-corrected chi connectivity index (χ2v) is 8.35. The van der Waals surface area contributed by atoms with Gasteiger partial charge >= 0.3 is 0 Å². The first-order valence-electron chi connectivity index (χ1n) is 10.6. The monoisotopic (exact) mass is 453 g/mol. The average Bonchev–Trinajstić information content (AvgIpc) is 3.06. The molecule has 8 nitrogen and oxygen atoms in total. The summed E-state index contributed by atoms with van der Waals surface area (Å²) in [5.41, 5.74) is 2.04. The van der Waals surface area contributed by atoms with Gasteiger partial charge in [0.1, 0.15) is 17.3 Å². The van der Waals surface area contributed by atoms with Crippen molar-refractivity contribution in [1.29, 1.82) is 0 Å². The summed E-state index contributed by atoms with van der Waals surface area (Å²) < 4.78 is 10.7. The molecule has 1 N–H and O–H groups in total. The number of benzene rings is 2. The van der Waals surface area contributed by atoms with E-state index < -0.39 is 17.7 Å². The highest BCUT2D eigenvalue weighted by molar-refractivity contribution is 6.46. The number of nitrogens with zero attached hydrogens (tertiary/aromatic N) is 3. The quantitative estimate of drug-likeness (QED) is 0.374. The fourth-order valence-corrected chi connectivity index (χ4v) is 3.86. The zero-order valence-electron chi connectivity index (χ0n) is 20.0. The fourth-order valence-electron chi connectivity index (χ4n) is 3.86. The lowest BCUT2D eigenvalue weighted by atomic mass is 9.94. The maximum Gasteiger partial charge on any atom is 0.295 e. The Morgan fingerprint density at radius 2 is 1.67 bits per heavy atom. The smallest absolute Gasteiger partial charge is 0.295 e. The van der Waals surface area contributed by atoms with Crippen molar-refractivity contribution >= 4 is 23.1 Å². The van der Waals surface area contributed by atoms with E-state index in [1.165, 1.54) is 19.1 Å². The highest BCUT2D eigenvalue weighted by Gasteiger charge is 2.46. The number of hydrogen-bond acceptors (Lipinski definition) is 7. The minimum Gasteiger partial charge on any atom is -0.507 e. The number of Topliss-reactive ketones (excluding diaryl/α,β-unsaturated/α-hetero) is 1. The number of carbonyl (C=O) groups is 2. The minimum absolute atomic E-state index is 0.0305. The maximum atomic E-state index is 13.2. The molecular weight excluding hydrogens is 422 g/mol. The Morgan fingerprint density at radius 1 is 1.00 bits per heavy atom.